The number of halogens is 3. The number of benzene rings is 2. The van der Waals surface area contributed by atoms with Crippen molar-refractivity contribution in [2.24, 2.45) is 0 Å². The summed E-state index contributed by atoms with van der Waals surface area (Å²) in [7, 11) is 3.83. The topological polar surface area (TPSA) is 70.2 Å². The van der Waals surface area contributed by atoms with Crippen molar-refractivity contribution in [3.63, 3.8) is 0 Å². The van der Waals surface area contributed by atoms with Crippen LogP contribution in [0.15, 0.2) is 48.8 Å². The first-order chi connectivity index (χ1) is 13.8. The van der Waals surface area contributed by atoms with Crippen molar-refractivity contribution < 1.29 is 9.18 Å². The molecule has 29 heavy (non-hydrogen) atoms. The molecule has 2 N–H and O–H groups in total. The number of carbonyl (C=O) groups is 1. The summed E-state index contributed by atoms with van der Waals surface area (Å²) in [6.45, 7) is 0.655. The van der Waals surface area contributed by atoms with Crippen LogP contribution in [0.2, 0.25) is 10.0 Å². The SMILES string of the molecule is CN(C)CC=CC(=O)Nc1ccc2ncnc(Nc3cc(Cl)c(Cl)cc3F)c2c1. The number of amides is 1. The van der Waals surface area contributed by atoms with Gasteiger partial charge in [0.25, 0.3) is 0 Å². The average Bonchev–Trinajstić information content (AvgIpc) is 2.66. The molecule has 0 radical (unpaired) electrons. The Balaban J connectivity index is 1.88. The van der Waals surface area contributed by atoms with E-state index < -0.39 is 5.82 Å². The molecular formula is C20H18Cl2FN5O. The first kappa shape index (κ1) is 21.0. The average molecular weight is 434 g/mol. The minimum Gasteiger partial charge on any atom is -0.337 e. The summed E-state index contributed by atoms with van der Waals surface area (Å²) in [4.78, 5) is 22.4. The second-order valence-corrected chi connectivity index (χ2v) is 7.29. The number of hydrogen-bond acceptors (Lipinski definition) is 5. The lowest BCUT2D eigenvalue weighted by molar-refractivity contribution is -0.111. The number of nitrogens with one attached hydrogen (secondary N) is 2. The van der Waals surface area contributed by atoms with E-state index in [-0.39, 0.29) is 21.6 Å². The number of fused-ring (bicyclic) bond motifs is 1. The molecule has 6 nitrogen and oxygen atoms in total. The largest absolute Gasteiger partial charge is 0.337 e. The maximum Gasteiger partial charge on any atom is 0.248 e. The molecule has 0 unspecified atom stereocenters. The fourth-order valence-electron chi connectivity index (χ4n) is 2.53. The molecule has 150 valence electrons. The number of aromatic nitrogens is 2. The highest BCUT2D eigenvalue weighted by Crippen LogP contribution is 2.31. The van der Waals surface area contributed by atoms with Gasteiger partial charge in [0, 0.05) is 23.7 Å². The van der Waals surface area contributed by atoms with E-state index >= 15 is 0 Å². The third-order valence-corrected chi connectivity index (χ3v) is 4.63. The summed E-state index contributed by atoms with van der Waals surface area (Å²) >= 11 is 11.8. The van der Waals surface area contributed by atoms with E-state index in [2.05, 4.69) is 20.6 Å². The Bertz CT molecular complexity index is 1090. The van der Waals surface area contributed by atoms with Crippen molar-refractivity contribution in [3.05, 3.63) is 64.7 Å². The van der Waals surface area contributed by atoms with Crippen LogP contribution in [0.25, 0.3) is 10.9 Å². The minimum atomic E-state index is -0.568. The van der Waals surface area contributed by atoms with Crippen LogP contribution >= 0.6 is 23.2 Å². The summed E-state index contributed by atoms with van der Waals surface area (Å²) in [5.41, 5.74) is 1.31. The molecule has 9 heteroatoms. The van der Waals surface area contributed by atoms with E-state index in [0.717, 1.165) is 6.07 Å². The Labute approximate surface area is 177 Å². The molecular weight excluding hydrogens is 416 g/mol. The number of anilines is 3. The highest BCUT2D eigenvalue weighted by Gasteiger charge is 2.11. The van der Waals surface area contributed by atoms with Gasteiger partial charge < -0.3 is 15.5 Å². The lowest BCUT2D eigenvalue weighted by atomic mass is 10.2. The molecule has 1 heterocycles. The molecule has 0 aliphatic heterocycles. The smallest absolute Gasteiger partial charge is 0.248 e. The summed E-state index contributed by atoms with van der Waals surface area (Å²) < 4.78 is 14.2. The molecule has 0 aliphatic carbocycles. The third-order valence-electron chi connectivity index (χ3n) is 3.91. The van der Waals surface area contributed by atoms with E-state index in [1.54, 1.807) is 24.3 Å². The monoisotopic (exact) mass is 433 g/mol. The molecule has 0 fully saturated rings. The van der Waals surface area contributed by atoms with Crippen LogP contribution in [0.5, 0.6) is 0 Å². The van der Waals surface area contributed by atoms with Gasteiger partial charge in [-0.2, -0.15) is 0 Å². The van der Waals surface area contributed by atoms with Gasteiger partial charge in [0.1, 0.15) is 18.0 Å². The van der Waals surface area contributed by atoms with E-state index in [1.165, 1.54) is 18.5 Å². The van der Waals surface area contributed by atoms with Crippen LogP contribution in [0.4, 0.5) is 21.6 Å². The summed E-state index contributed by atoms with van der Waals surface area (Å²) in [6.07, 6.45) is 4.60. The Hall–Kier alpha value is -2.74. The number of carbonyl (C=O) groups excluding carboxylic acids is 1. The second kappa shape index (κ2) is 9.17. The van der Waals surface area contributed by atoms with Crippen LogP contribution in [0.3, 0.4) is 0 Å². The van der Waals surface area contributed by atoms with Gasteiger partial charge in [-0.1, -0.05) is 29.3 Å². The van der Waals surface area contributed by atoms with Gasteiger partial charge in [-0.3, -0.25) is 4.79 Å². The van der Waals surface area contributed by atoms with E-state index in [9.17, 15) is 9.18 Å². The first-order valence-electron chi connectivity index (χ1n) is 8.62. The van der Waals surface area contributed by atoms with Gasteiger partial charge in [-0.05, 0) is 44.4 Å². The zero-order valence-electron chi connectivity index (χ0n) is 15.7. The Morgan fingerprint density at radius 1 is 1.17 bits per heavy atom. The normalized spacial score (nSPS) is 11.4. The lowest BCUT2D eigenvalue weighted by Crippen LogP contribution is -2.13. The van der Waals surface area contributed by atoms with Crippen LogP contribution in [0, 0.1) is 5.82 Å². The van der Waals surface area contributed by atoms with E-state index in [4.69, 9.17) is 23.2 Å². The summed E-state index contributed by atoms with van der Waals surface area (Å²) in [5, 5.41) is 6.63. The number of nitrogens with zero attached hydrogens (tertiary/aromatic N) is 3. The fraction of sp³-hybridized carbons (Fsp3) is 0.150. The number of hydrogen-bond donors (Lipinski definition) is 2. The standard InChI is InChI=1S/C20H18Cl2FN5O/c1-28(2)7-3-4-19(29)26-12-5-6-17-13(8-12)20(25-11-24-17)27-18-10-15(22)14(21)9-16(18)23/h3-6,8-11H,7H2,1-2H3,(H,26,29)(H,24,25,27). The highest BCUT2D eigenvalue weighted by molar-refractivity contribution is 6.42. The molecule has 3 rings (SSSR count). The molecule has 0 atom stereocenters. The van der Waals surface area contributed by atoms with Gasteiger partial charge in [-0.15, -0.1) is 0 Å². The molecule has 0 aliphatic rings. The van der Waals surface area contributed by atoms with Crippen molar-refractivity contribution in [1.29, 1.82) is 0 Å². The lowest BCUT2D eigenvalue weighted by Gasteiger charge is -2.11. The van der Waals surface area contributed by atoms with Gasteiger partial charge in [-0.25, -0.2) is 14.4 Å². The van der Waals surface area contributed by atoms with Crippen molar-refractivity contribution in [3.8, 4) is 0 Å². The minimum absolute atomic E-state index is 0.120. The van der Waals surface area contributed by atoms with Crippen molar-refractivity contribution in [2.45, 2.75) is 0 Å². The van der Waals surface area contributed by atoms with Crippen LogP contribution in [-0.4, -0.2) is 41.4 Å². The fourth-order valence-corrected chi connectivity index (χ4v) is 2.85. The van der Waals surface area contributed by atoms with Gasteiger partial charge in [0.2, 0.25) is 5.91 Å². The molecule has 1 amide bonds. The van der Waals surface area contributed by atoms with Crippen LogP contribution in [0.1, 0.15) is 0 Å². The summed E-state index contributed by atoms with van der Waals surface area (Å²) in [5.74, 6) is -0.457. The zero-order valence-corrected chi connectivity index (χ0v) is 17.2. The number of likely N-dealkylation sites (N-methyl/N-ethyl adjacent to an activating group) is 1. The first-order valence-corrected chi connectivity index (χ1v) is 9.37. The molecule has 0 saturated carbocycles. The molecule has 0 bridgehead atoms. The van der Waals surface area contributed by atoms with Crippen molar-refractivity contribution >= 4 is 57.2 Å². The number of rotatable bonds is 6. The second-order valence-electron chi connectivity index (χ2n) is 6.48. The van der Waals surface area contributed by atoms with E-state index in [0.29, 0.717) is 29.0 Å². The zero-order chi connectivity index (χ0) is 21.0. The Kier molecular flexibility index (Phi) is 6.64. The van der Waals surface area contributed by atoms with Gasteiger partial charge >= 0.3 is 0 Å². The van der Waals surface area contributed by atoms with Gasteiger partial charge in [0.05, 0.1) is 21.2 Å². The van der Waals surface area contributed by atoms with Crippen LogP contribution in [-0.2, 0) is 4.79 Å². The van der Waals surface area contributed by atoms with Crippen LogP contribution < -0.4 is 10.6 Å². The van der Waals surface area contributed by atoms with E-state index in [1.807, 2.05) is 19.0 Å². The maximum atomic E-state index is 14.2. The maximum absolute atomic E-state index is 14.2. The Morgan fingerprint density at radius 2 is 1.93 bits per heavy atom. The molecule has 2 aromatic carbocycles. The predicted molar refractivity (Wildman–Crippen MR) is 116 cm³/mol. The van der Waals surface area contributed by atoms with Crippen molar-refractivity contribution in [2.75, 3.05) is 31.3 Å². The molecule has 1 aromatic heterocycles. The quantitative estimate of drug-likeness (QED) is 0.428. The molecule has 0 spiro atoms. The molecule has 0 saturated heterocycles. The highest BCUT2D eigenvalue weighted by atomic mass is 35.5. The van der Waals surface area contributed by atoms with Gasteiger partial charge in [0.15, 0.2) is 0 Å². The third kappa shape index (κ3) is 5.41. The van der Waals surface area contributed by atoms with Crippen molar-refractivity contribution in [1.82, 2.24) is 14.9 Å². The Morgan fingerprint density at radius 3 is 2.69 bits per heavy atom. The molecule has 3 aromatic rings. The summed E-state index contributed by atoms with van der Waals surface area (Å²) in [6, 6.07) is 7.70. The predicted octanol–water partition coefficient (Wildman–Crippen LogP) is 4.88.